The molecule has 0 fully saturated rings. The molecule has 20 heteroatoms. The number of carboxylic acid groups (broad SMARTS) is 2. The Morgan fingerprint density at radius 3 is 1.16 bits per heavy atom. The Kier molecular flexibility index (Phi) is 33.9. The molecule has 69 heavy (non-hydrogen) atoms. The number of nitrogens with one attached hydrogen (secondary N) is 2. The van der Waals surface area contributed by atoms with Gasteiger partial charge >= 0.3 is 47.8 Å². The zero-order chi connectivity index (χ0) is 52.5. The van der Waals surface area contributed by atoms with E-state index in [4.69, 9.17) is 34.2 Å². The first-order valence-electron chi connectivity index (χ1n) is 24.4. The van der Waals surface area contributed by atoms with E-state index in [0.717, 1.165) is 124 Å². The van der Waals surface area contributed by atoms with E-state index in [0.29, 0.717) is 32.2 Å². The van der Waals surface area contributed by atoms with Crippen molar-refractivity contribution in [3.63, 3.8) is 0 Å². The van der Waals surface area contributed by atoms with Gasteiger partial charge in [0.15, 0.2) is 24.4 Å². The van der Waals surface area contributed by atoms with Crippen LogP contribution in [0.4, 0.5) is 0 Å². The summed E-state index contributed by atoms with van der Waals surface area (Å²) >= 11 is 0. The van der Waals surface area contributed by atoms with Crippen LogP contribution < -0.4 is 16.4 Å². The fourth-order valence-electron chi connectivity index (χ4n) is 7.87. The molecule has 20 nitrogen and oxygen atoms in total. The van der Waals surface area contributed by atoms with Crippen LogP contribution >= 0.6 is 0 Å². The van der Waals surface area contributed by atoms with Gasteiger partial charge in [0, 0.05) is 53.7 Å². The quantitative estimate of drug-likeness (QED) is 0.0262. The van der Waals surface area contributed by atoms with Crippen LogP contribution in [0.5, 0.6) is 0 Å². The fraction of sp³-hybridized carbons (Fsp3) is 0.776. The molecule has 0 saturated heterocycles. The molecule has 0 aliphatic heterocycles. The van der Waals surface area contributed by atoms with Crippen molar-refractivity contribution in [3.05, 3.63) is 12.3 Å². The molecule has 0 heterocycles. The zero-order valence-electron chi connectivity index (χ0n) is 42.3. The Morgan fingerprint density at radius 1 is 0.449 bits per heavy atom. The fourth-order valence-corrected chi connectivity index (χ4v) is 7.87. The maximum Gasteiger partial charge on any atom is 0.326 e. The smallest absolute Gasteiger partial charge is 0.326 e. The van der Waals surface area contributed by atoms with Gasteiger partial charge in [0.2, 0.25) is 5.91 Å². The molecule has 0 aromatic rings. The number of nitrogens with two attached hydrogens (primary N) is 1. The van der Waals surface area contributed by atoms with Crippen molar-refractivity contribution in [1.82, 2.24) is 10.6 Å². The Labute approximate surface area is 408 Å². The molecule has 0 aromatic carbocycles. The Balaban J connectivity index is 5.82. The van der Waals surface area contributed by atoms with Gasteiger partial charge in [0.05, 0.1) is 0 Å². The third kappa shape index (κ3) is 30.8. The first kappa shape index (κ1) is 63.7. The molecule has 0 unspecified atom stereocenters. The van der Waals surface area contributed by atoms with Crippen molar-refractivity contribution >= 4 is 53.7 Å². The lowest BCUT2D eigenvalue weighted by Crippen LogP contribution is -2.58. The van der Waals surface area contributed by atoms with E-state index in [1.54, 1.807) is 13.8 Å². The average molecular weight is 986 g/mol. The normalized spacial score (nSPS) is 14.6. The summed E-state index contributed by atoms with van der Waals surface area (Å²) < 4.78 is 33.9. The number of aliphatic carboxylic acids is 2. The van der Waals surface area contributed by atoms with Gasteiger partial charge < -0.3 is 55.0 Å². The first-order valence-corrected chi connectivity index (χ1v) is 24.4. The lowest BCUT2D eigenvalue weighted by atomic mass is 9.91. The van der Waals surface area contributed by atoms with Gasteiger partial charge in [-0.25, -0.2) is 9.59 Å². The number of unbranched alkanes of at least 4 members (excludes halogenated alkanes) is 12. The minimum absolute atomic E-state index is 0.0610. The Hall–Kier alpha value is -5.27. The molecule has 0 aromatic heterocycles. The van der Waals surface area contributed by atoms with Gasteiger partial charge in [-0.15, -0.1) is 0 Å². The molecular weight excluding hydrogens is 903 g/mol. The van der Waals surface area contributed by atoms with Crippen LogP contribution in [0.3, 0.4) is 0 Å². The van der Waals surface area contributed by atoms with Crippen molar-refractivity contribution in [2.24, 2.45) is 11.7 Å². The topological polar surface area (TPSA) is 300 Å². The van der Waals surface area contributed by atoms with Crippen molar-refractivity contribution in [2.45, 2.75) is 233 Å². The van der Waals surface area contributed by atoms with E-state index < -0.39 is 108 Å². The van der Waals surface area contributed by atoms with Gasteiger partial charge in [-0.2, -0.15) is 0 Å². The van der Waals surface area contributed by atoms with Crippen LogP contribution in [0.2, 0.25) is 0 Å². The van der Waals surface area contributed by atoms with Crippen LogP contribution in [0.25, 0.3) is 0 Å². The number of ether oxygens (including phenoxy) is 6. The van der Waals surface area contributed by atoms with E-state index in [2.05, 4.69) is 17.2 Å². The number of amides is 1. The summed E-state index contributed by atoms with van der Waals surface area (Å²) in [5.74, 6) is -8.57. The summed E-state index contributed by atoms with van der Waals surface area (Å²) in [5, 5.41) is 24.3. The molecule has 0 aliphatic carbocycles. The molecule has 6 N–H and O–H groups in total. The summed E-state index contributed by atoms with van der Waals surface area (Å²) in [7, 11) is 0. The second-order valence-corrected chi connectivity index (χ2v) is 17.8. The van der Waals surface area contributed by atoms with E-state index in [1.165, 1.54) is 0 Å². The highest BCUT2D eigenvalue weighted by atomic mass is 16.6. The maximum atomic E-state index is 12.8. The molecule has 8 atom stereocenters. The van der Waals surface area contributed by atoms with Crippen molar-refractivity contribution in [1.29, 1.82) is 0 Å². The van der Waals surface area contributed by atoms with Crippen LogP contribution in [-0.4, -0.2) is 119 Å². The molecule has 1 amide bonds. The van der Waals surface area contributed by atoms with Crippen molar-refractivity contribution in [2.75, 3.05) is 6.54 Å². The number of allylic oxidation sites excluding steroid dienone is 1. The monoisotopic (exact) mass is 986 g/mol. The number of hydrogen-bond donors (Lipinski definition) is 5. The Morgan fingerprint density at radius 2 is 0.812 bits per heavy atom. The molecule has 0 radical (unpaired) electrons. The first-order chi connectivity index (χ1) is 32.5. The van der Waals surface area contributed by atoms with Crippen LogP contribution in [0, 0.1) is 5.92 Å². The second kappa shape index (κ2) is 36.7. The number of carboxylic acids is 2. The summed E-state index contributed by atoms with van der Waals surface area (Å²) in [6.07, 6.45) is 4.29. The van der Waals surface area contributed by atoms with Crippen LogP contribution in [0.1, 0.15) is 184 Å². The largest absolute Gasteiger partial charge is 0.480 e. The molecule has 396 valence electrons. The summed E-state index contributed by atoms with van der Waals surface area (Å²) in [4.78, 5) is 112. The van der Waals surface area contributed by atoms with E-state index >= 15 is 0 Å². The predicted octanol–water partition coefficient (Wildman–Crippen LogP) is 6.12. The number of esters is 6. The molecule has 0 rings (SSSR count). The molecule has 0 bridgehead atoms. The highest BCUT2D eigenvalue weighted by Gasteiger charge is 2.50. The van der Waals surface area contributed by atoms with Crippen molar-refractivity contribution < 1.29 is 81.8 Å². The second-order valence-electron chi connectivity index (χ2n) is 17.8. The summed E-state index contributed by atoms with van der Waals surface area (Å²) in [6.45, 7) is 14.0. The third-order valence-corrected chi connectivity index (χ3v) is 11.0. The molecule has 0 aliphatic rings. The standard InChI is InChI=1S/C49H83N3O17/c1-31(2)43(49(62)63)52-42(59)29-23-28-41(65-34(5)54)45(67-36(7)56)47(69-38(9)58)46(68-37(8)57)44(66-35(6)55)40(64-33(4)53)27-22-20-18-16-14-12-10-11-13-15-17-19-21-25-32(3)51-39(48(60)61)26-24-30-50/h31,39-41,43-47,51H,3,10-30,50H2,1-2,4-9H3,(H,52,59)(H,60,61)(H,62,63)/t39-,40+,41-,43-,44-,45-,46-,47-/m0/s1. The lowest BCUT2D eigenvalue weighted by molar-refractivity contribution is -0.219. The highest BCUT2D eigenvalue weighted by Crippen LogP contribution is 2.29. The minimum atomic E-state index is -1.84. The van der Waals surface area contributed by atoms with Gasteiger partial charge in [0.1, 0.15) is 24.3 Å². The summed E-state index contributed by atoms with van der Waals surface area (Å²) in [5.41, 5.74) is 6.25. The SMILES string of the molecule is C=C(CCCCCCCCCCCCCCC[C@@H](OC(C)=O)[C@H](OC(C)=O)[C@H](OC(C)=O)[C@@H](OC(C)=O)[C@@H](OC(C)=O)[C@H](CCCC(=O)N[C@H](C(=O)O)C(C)C)OC(C)=O)N[C@@H](CCCN)C(=O)O. The minimum Gasteiger partial charge on any atom is -0.480 e. The highest BCUT2D eigenvalue weighted by molar-refractivity contribution is 5.83. The van der Waals surface area contributed by atoms with Crippen LogP contribution in [-0.2, 0) is 71.6 Å². The van der Waals surface area contributed by atoms with Gasteiger partial charge in [-0.05, 0) is 63.8 Å². The van der Waals surface area contributed by atoms with E-state index in [9.17, 15) is 53.4 Å². The van der Waals surface area contributed by atoms with Gasteiger partial charge in [0.25, 0.3) is 0 Å². The van der Waals surface area contributed by atoms with Gasteiger partial charge in [-0.3, -0.25) is 33.6 Å². The maximum absolute atomic E-state index is 12.8. The van der Waals surface area contributed by atoms with Crippen molar-refractivity contribution in [3.8, 4) is 0 Å². The molecular formula is C49H83N3O17. The number of carbonyl (C=O) groups is 9. The van der Waals surface area contributed by atoms with Gasteiger partial charge in [-0.1, -0.05) is 91.1 Å². The molecule has 0 saturated carbocycles. The number of carbonyl (C=O) groups excluding carboxylic acids is 7. The van der Waals surface area contributed by atoms with E-state index in [1.807, 2.05) is 0 Å². The lowest BCUT2D eigenvalue weighted by Gasteiger charge is -2.40. The Bertz CT molecular complexity index is 1620. The third-order valence-electron chi connectivity index (χ3n) is 11.0. The molecule has 0 spiro atoms. The van der Waals surface area contributed by atoms with E-state index in [-0.39, 0.29) is 25.7 Å². The number of rotatable bonds is 40. The zero-order valence-corrected chi connectivity index (χ0v) is 42.3. The summed E-state index contributed by atoms with van der Waals surface area (Å²) in [6, 6.07) is -1.84. The van der Waals surface area contributed by atoms with Crippen LogP contribution in [0.15, 0.2) is 12.3 Å². The predicted molar refractivity (Wildman–Crippen MR) is 253 cm³/mol. The average Bonchev–Trinajstić information content (AvgIpc) is 3.23. The number of hydrogen-bond acceptors (Lipinski definition) is 17.